The Hall–Kier alpha value is -2.41. The summed E-state index contributed by atoms with van der Waals surface area (Å²) in [5, 5.41) is 0. The maximum absolute atomic E-state index is 14.2. The molecule has 0 N–H and O–H groups in total. The molecule has 0 saturated carbocycles. The monoisotopic (exact) mass is 387 g/mol. The fourth-order valence-corrected chi connectivity index (χ4v) is 4.01. The minimum absolute atomic E-state index is 0.117. The highest BCUT2D eigenvalue weighted by Gasteiger charge is 2.29. The Morgan fingerprint density at radius 1 is 1.39 bits per heavy atom. The van der Waals surface area contributed by atoms with Crippen molar-refractivity contribution in [2.24, 2.45) is 5.92 Å². The number of fused-ring (bicyclic) bond motifs is 1. The number of rotatable bonds is 4. The Balaban J connectivity index is 1.44. The smallest absolute Gasteiger partial charge is 0.309 e. The second kappa shape index (κ2) is 7.91. The van der Waals surface area contributed by atoms with E-state index >= 15 is 0 Å². The first-order valence-electron chi connectivity index (χ1n) is 9.86. The lowest BCUT2D eigenvalue weighted by atomic mass is 10.0. The van der Waals surface area contributed by atoms with Crippen LogP contribution in [0.3, 0.4) is 0 Å². The summed E-state index contributed by atoms with van der Waals surface area (Å²) in [4.78, 5) is 21.2. The number of carbonyl (C=O) groups is 1. The van der Waals surface area contributed by atoms with Crippen molar-refractivity contribution in [3.63, 3.8) is 0 Å². The molecule has 1 unspecified atom stereocenters. The zero-order valence-corrected chi connectivity index (χ0v) is 16.4. The van der Waals surface area contributed by atoms with Gasteiger partial charge in [0.2, 0.25) is 0 Å². The third-order valence-electron chi connectivity index (χ3n) is 5.59. The zero-order chi connectivity index (χ0) is 19.7. The molecule has 7 heteroatoms. The van der Waals surface area contributed by atoms with E-state index in [-0.39, 0.29) is 17.6 Å². The van der Waals surface area contributed by atoms with Crippen LogP contribution < -0.4 is 4.74 Å². The molecule has 3 heterocycles. The van der Waals surface area contributed by atoms with Gasteiger partial charge in [-0.1, -0.05) is 13.0 Å². The molecule has 1 aromatic carbocycles. The number of carbonyl (C=O) groups excluding carboxylic acids is 1. The number of amides is 1. The molecule has 2 aliphatic rings. The lowest BCUT2D eigenvalue weighted by Crippen LogP contribution is -2.39. The second-order valence-corrected chi connectivity index (χ2v) is 7.81. The normalized spacial score (nSPS) is 20.1. The highest BCUT2D eigenvalue weighted by atomic mass is 19.1. The summed E-state index contributed by atoms with van der Waals surface area (Å²) in [6.45, 7) is 5.45. The summed E-state index contributed by atoms with van der Waals surface area (Å²) in [7, 11) is 1.52. The number of likely N-dealkylation sites (tertiary alicyclic amines) is 1. The molecule has 2 aromatic rings. The first kappa shape index (κ1) is 18.9. The molecule has 0 spiro atoms. The van der Waals surface area contributed by atoms with Crippen molar-refractivity contribution in [3.05, 3.63) is 46.9 Å². The van der Waals surface area contributed by atoms with Crippen LogP contribution in [-0.2, 0) is 19.5 Å². The van der Waals surface area contributed by atoms with Gasteiger partial charge in [0.1, 0.15) is 17.3 Å². The highest BCUT2D eigenvalue weighted by molar-refractivity contribution is 5.89. The van der Waals surface area contributed by atoms with Gasteiger partial charge in [0, 0.05) is 50.8 Å². The lowest BCUT2D eigenvalue weighted by Gasteiger charge is -2.29. The number of oxazole rings is 1. The van der Waals surface area contributed by atoms with Gasteiger partial charge in [-0.05, 0) is 24.8 Å². The van der Waals surface area contributed by atoms with Crippen LogP contribution in [0, 0.1) is 11.7 Å². The molecule has 1 fully saturated rings. The summed E-state index contributed by atoms with van der Waals surface area (Å²) < 4.78 is 25.1. The van der Waals surface area contributed by atoms with Crippen molar-refractivity contribution in [2.45, 2.75) is 39.3 Å². The maximum Gasteiger partial charge on any atom is 0.309 e. The number of hydrogen-bond acceptors (Lipinski definition) is 5. The molecule has 0 radical (unpaired) electrons. The summed E-state index contributed by atoms with van der Waals surface area (Å²) in [5.41, 5.74) is 1.40. The maximum atomic E-state index is 14.2. The van der Waals surface area contributed by atoms with E-state index < -0.39 is 0 Å². The summed E-state index contributed by atoms with van der Waals surface area (Å²) in [6, 6.07) is 4.91. The Bertz CT molecular complexity index is 867. The van der Waals surface area contributed by atoms with E-state index in [2.05, 4.69) is 16.8 Å². The molecular formula is C21H26FN3O3. The minimum atomic E-state index is -0.277. The van der Waals surface area contributed by atoms with Crippen LogP contribution >= 0.6 is 0 Å². The van der Waals surface area contributed by atoms with Crippen molar-refractivity contribution < 1.29 is 18.3 Å². The fourth-order valence-electron chi connectivity index (χ4n) is 4.01. The molecular weight excluding hydrogens is 361 g/mol. The van der Waals surface area contributed by atoms with Crippen LogP contribution in [0.15, 0.2) is 22.6 Å². The molecule has 0 aliphatic carbocycles. The van der Waals surface area contributed by atoms with Crippen molar-refractivity contribution in [1.82, 2.24) is 14.8 Å². The standard InChI is InChI=1S/C21H26FN3O3/c1-14-4-3-8-25(11-14)21(26)20-23-18-13-24(9-7-19(18)28-20)12-15-5-6-16(27-2)10-17(15)22/h5-6,10,14H,3-4,7-9,11-13H2,1-2H3. The number of ether oxygens (including phenoxy) is 1. The number of nitrogens with zero attached hydrogens (tertiary/aromatic N) is 3. The molecule has 0 bridgehead atoms. The first-order chi connectivity index (χ1) is 13.5. The molecule has 1 aromatic heterocycles. The number of aromatic nitrogens is 1. The molecule has 2 aliphatic heterocycles. The third kappa shape index (κ3) is 3.90. The number of halogens is 1. The average Bonchev–Trinajstić information content (AvgIpc) is 3.12. The topological polar surface area (TPSA) is 58.8 Å². The van der Waals surface area contributed by atoms with Gasteiger partial charge in [-0.25, -0.2) is 9.37 Å². The zero-order valence-electron chi connectivity index (χ0n) is 16.4. The van der Waals surface area contributed by atoms with E-state index in [4.69, 9.17) is 9.15 Å². The van der Waals surface area contributed by atoms with Crippen molar-refractivity contribution in [3.8, 4) is 5.75 Å². The van der Waals surface area contributed by atoms with Gasteiger partial charge in [0.15, 0.2) is 0 Å². The summed E-state index contributed by atoms with van der Waals surface area (Å²) in [6.07, 6.45) is 2.85. The highest BCUT2D eigenvalue weighted by Crippen LogP contribution is 2.25. The lowest BCUT2D eigenvalue weighted by molar-refractivity contribution is 0.0640. The SMILES string of the molecule is COc1ccc(CN2CCc3oc(C(=O)N4CCCC(C)C4)nc3C2)c(F)c1. The van der Waals surface area contributed by atoms with Gasteiger partial charge in [-0.2, -0.15) is 0 Å². The van der Waals surface area contributed by atoms with Crippen LogP contribution in [0.2, 0.25) is 0 Å². The quantitative estimate of drug-likeness (QED) is 0.806. The molecule has 4 rings (SSSR count). The largest absolute Gasteiger partial charge is 0.497 e. The summed E-state index contributed by atoms with van der Waals surface area (Å²) in [5.74, 6) is 1.59. The number of benzene rings is 1. The van der Waals surface area contributed by atoms with Crippen LogP contribution in [0.5, 0.6) is 5.75 Å². The van der Waals surface area contributed by atoms with Crippen molar-refractivity contribution >= 4 is 5.91 Å². The molecule has 28 heavy (non-hydrogen) atoms. The van der Waals surface area contributed by atoms with Gasteiger partial charge in [0.25, 0.3) is 5.89 Å². The first-order valence-corrected chi connectivity index (χ1v) is 9.86. The molecule has 1 saturated heterocycles. The summed E-state index contributed by atoms with van der Waals surface area (Å²) >= 11 is 0. The van der Waals surface area contributed by atoms with Crippen LogP contribution in [-0.4, -0.2) is 47.4 Å². The Kier molecular flexibility index (Phi) is 5.35. The fraction of sp³-hybridized carbons (Fsp3) is 0.524. The Morgan fingerprint density at radius 3 is 3.00 bits per heavy atom. The van der Waals surface area contributed by atoms with E-state index in [0.717, 1.165) is 43.9 Å². The Morgan fingerprint density at radius 2 is 2.25 bits per heavy atom. The minimum Gasteiger partial charge on any atom is -0.497 e. The van der Waals surface area contributed by atoms with Crippen LogP contribution in [0.1, 0.15) is 47.5 Å². The van der Waals surface area contributed by atoms with E-state index in [0.29, 0.717) is 36.7 Å². The van der Waals surface area contributed by atoms with Gasteiger partial charge in [0.05, 0.1) is 12.8 Å². The van der Waals surface area contributed by atoms with Gasteiger partial charge >= 0.3 is 5.91 Å². The molecule has 6 nitrogen and oxygen atoms in total. The third-order valence-corrected chi connectivity index (χ3v) is 5.59. The number of hydrogen-bond donors (Lipinski definition) is 0. The number of methoxy groups -OCH3 is 1. The predicted octanol–water partition coefficient (Wildman–Crippen LogP) is 3.25. The van der Waals surface area contributed by atoms with Gasteiger partial charge in [-0.3, -0.25) is 9.69 Å². The van der Waals surface area contributed by atoms with Crippen molar-refractivity contribution in [2.75, 3.05) is 26.7 Å². The molecule has 1 amide bonds. The van der Waals surface area contributed by atoms with E-state index in [1.165, 1.54) is 13.2 Å². The Labute approximate surface area is 164 Å². The van der Waals surface area contributed by atoms with Gasteiger partial charge in [-0.15, -0.1) is 0 Å². The van der Waals surface area contributed by atoms with Gasteiger partial charge < -0.3 is 14.1 Å². The van der Waals surface area contributed by atoms with E-state index in [1.807, 2.05) is 4.90 Å². The molecule has 1 atom stereocenters. The number of piperidine rings is 1. The van der Waals surface area contributed by atoms with Crippen molar-refractivity contribution in [1.29, 1.82) is 0 Å². The van der Waals surface area contributed by atoms with Crippen LogP contribution in [0.4, 0.5) is 4.39 Å². The second-order valence-electron chi connectivity index (χ2n) is 7.81. The van der Waals surface area contributed by atoms with Crippen LogP contribution in [0.25, 0.3) is 0 Å². The van der Waals surface area contributed by atoms with E-state index in [1.54, 1.807) is 12.1 Å². The van der Waals surface area contributed by atoms with E-state index in [9.17, 15) is 9.18 Å². The average molecular weight is 387 g/mol. The predicted molar refractivity (Wildman–Crippen MR) is 102 cm³/mol. The molecule has 150 valence electrons.